The number of hydrogen-bond acceptors (Lipinski definition) is 4. The monoisotopic (exact) mass is 464 g/mol. The van der Waals surface area contributed by atoms with Crippen LogP contribution in [0.5, 0.6) is 0 Å². The lowest BCUT2D eigenvalue weighted by Gasteiger charge is -2.23. The summed E-state index contributed by atoms with van der Waals surface area (Å²) in [4.78, 5) is 53.1. The summed E-state index contributed by atoms with van der Waals surface area (Å²) < 4.78 is 0. The van der Waals surface area contributed by atoms with Crippen LogP contribution in [0.4, 0.5) is 10.5 Å². The van der Waals surface area contributed by atoms with Gasteiger partial charge in [-0.15, -0.1) is 0 Å². The van der Waals surface area contributed by atoms with Gasteiger partial charge in [-0.25, -0.2) is 4.79 Å². The molecule has 1 fully saturated rings. The van der Waals surface area contributed by atoms with Crippen molar-refractivity contribution in [3.63, 3.8) is 0 Å². The summed E-state index contributed by atoms with van der Waals surface area (Å²) in [6.07, 6.45) is 0. The predicted octanol–water partition coefficient (Wildman–Crippen LogP) is 3.29. The molecule has 1 saturated heterocycles. The minimum absolute atomic E-state index is 0.204. The number of likely N-dealkylation sites (N-methyl/N-ethyl adjacent to an activating group) is 1. The third-order valence-electron chi connectivity index (χ3n) is 6.28. The van der Waals surface area contributed by atoms with Gasteiger partial charge >= 0.3 is 6.03 Å². The number of benzene rings is 2. The second-order valence-corrected chi connectivity index (χ2v) is 9.29. The Kier molecular flexibility index (Phi) is 7.09. The van der Waals surface area contributed by atoms with Gasteiger partial charge in [0.2, 0.25) is 11.8 Å². The van der Waals surface area contributed by atoms with E-state index in [-0.39, 0.29) is 12.5 Å². The minimum atomic E-state index is -1.26. The van der Waals surface area contributed by atoms with Gasteiger partial charge in [-0.05, 0) is 48.9 Å². The van der Waals surface area contributed by atoms with E-state index in [1.54, 1.807) is 6.92 Å². The Bertz CT molecular complexity index is 1110. The van der Waals surface area contributed by atoms with E-state index < -0.39 is 29.9 Å². The first-order valence-electron chi connectivity index (χ1n) is 11.3. The predicted molar refractivity (Wildman–Crippen MR) is 130 cm³/mol. The van der Waals surface area contributed by atoms with Crippen molar-refractivity contribution in [2.75, 3.05) is 25.5 Å². The average Bonchev–Trinajstić information content (AvgIpc) is 3.00. The van der Waals surface area contributed by atoms with Gasteiger partial charge in [-0.1, -0.05) is 56.3 Å². The van der Waals surface area contributed by atoms with Gasteiger partial charge in [0.25, 0.3) is 5.91 Å². The SMILES string of the molecule is Cc1cccc(C)c1NC(=O)CN(C)C(=O)CN1C(=O)NC(C)(c2ccc(C(C)C)cc2)C1=O. The van der Waals surface area contributed by atoms with Crippen molar-refractivity contribution in [1.82, 2.24) is 15.1 Å². The highest BCUT2D eigenvalue weighted by Gasteiger charge is 2.49. The Labute approximate surface area is 200 Å². The van der Waals surface area contributed by atoms with Crippen LogP contribution < -0.4 is 10.6 Å². The first-order chi connectivity index (χ1) is 15.9. The lowest BCUT2D eigenvalue weighted by molar-refractivity contribution is -0.139. The molecule has 2 aromatic carbocycles. The van der Waals surface area contributed by atoms with E-state index in [2.05, 4.69) is 24.5 Å². The van der Waals surface area contributed by atoms with Crippen LogP contribution in [-0.4, -0.2) is 53.7 Å². The number of nitrogens with one attached hydrogen (secondary N) is 2. The van der Waals surface area contributed by atoms with Crippen molar-refractivity contribution < 1.29 is 19.2 Å². The summed E-state index contributed by atoms with van der Waals surface area (Å²) in [5, 5.41) is 5.54. The molecule has 5 amide bonds. The van der Waals surface area contributed by atoms with Crippen LogP contribution in [0, 0.1) is 13.8 Å². The molecule has 0 spiro atoms. The molecular formula is C26H32N4O4. The molecule has 0 saturated carbocycles. The molecule has 0 aliphatic carbocycles. The standard InChI is InChI=1S/C26H32N4O4/c1-16(2)19-10-12-20(13-11-19)26(5)24(33)30(25(34)28-26)15-22(32)29(6)14-21(31)27-23-17(3)8-7-9-18(23)4/h7-13,16H,14-15H2,1-6H3,(H,27,31)(H,28,34). The highest BCUT2D eigenvalue weighted by Crippen LogP contribution is 2.30. The number of urea groups is 1. The Balaban J connectivity index is 1.65. The van der Waals surface area contributed by atoms with Crippen LogP contribution in [0.3, 0.4) is 0 Å². The van der Waals surface area contributed by atoms with Crippen molar-refractivity contribution in [3.05, 3.63) is 64.7 Å². The number of hydrogen-bond donors (Lipinski definition) is 2. The largest absolute Gasteiger partial charge is 0.335 e. The fraction of sp³-hybridized carbons (Fsp3) is 0.385. The van der Waals surface area contributed by atoms with Crippen LogP contribution in [0.2, 0.25) is 0 Å². The van der Waals surface area contributed by atoms with Crippen LogP contribution in [0.15, 0.2) is 42.5 Å². The van der Waals surface area contributed by atoms with Crippen molar-refractivity contribution in [3.8, 4) is 0 Å². The highest BCUT2D eigenvalue weighted by molar-refractivity contribution is 6.09. The van der Waals surface area contributed by atoms with E-state index in [1.807, 2.05) is 56.3 Å². The van der Waals surface area contributed by atoms with Gasteiger partial charge in [-0.3, -0.25) is 19.3 Å². The summed E-state index contributed by atoms with van der Waals surface area (Å²) in [5.74, 6) is -1.04. The zero-order chi connectivity index (χ0) is 25.2. The molecular weight excluding hydrogens is 432 g/mol. The molecule has 3 rings (SSSR count). The van der Waals surface area contributed by atoms with Crippen molar-refractivity contribution in [1.29, 1.82) is 0 Å². The van der Waals surface area contributed by atoms with Crippen LogP contribution in [0.25, 0.3) is 0 Å². The topological polar surface area (TPSA) is 98.8 Å². The molecule has 1 heterocycles. The lowest BCUT2D eigenvalue weighted by atomic mass is 9.90. The molecule has 1 atom stereocenters. The van der Waals surface area contributed by atoms with Crippen molar-refractivity contribution in [2.24, 2.45) is 0 Å². The maximum absolute atomic E-state index is 13.1. The molecule has 2 N–H and O–H groups in total. The van der Waals surface area contributed by atoms with Gasteiger partial charge in [-0.2, -0.15) is 0 Å². The smallest absolute Gasteiger partial charge is 0.325 e. The zero-order valence-corrected chi connectivity index (χ0v) is 20.6. The van der Waals surface area contributed by atoms with Gasteiger partial charge < -0.3 is 15.5 Å². The Hall–Kier alpha value is -3.68. The molecule has 2 aromatic rings. The first kappa shape index (κ1) is 25.0. The van der Waals surface area contributed by atoms with E-state index in [4.69, 9.17) is 0 Å². The number of rotatable bonds is 7. The molecule has 180 valence electrons. The molecule has 1 aliphatic rings. The highest BCUT2D eigenvalue weighted by atomic mass is 16.2. The van der Waals surface area contributed by atoms with E-state index in [1.165, 1.54) is 11.9 Å². The number of carbonyl (C=O) groups excluding carboxylic acids is 4. The summed E-state index contributed by atoms with van der Waals surface area (Å²) in [6, 6.07) is 12.6. The molecule has 0 radical (unpaired) electrons. The number of carbonyl (C=O) groups is 4. The maximum Gasteiger partial charge on any atom is 0.325 e. The fourth-order valence-electron chi connectivity index (χ4n) is 3.99. The number of para-hydroxylation sites is 1. The summed E-state index contributed by atoms with van der Waals surface area (Å²) in [5.41, 5.74) is 3.06. The molecule has 0 aromatic heterocycles. The van der Waals surface area contributed by atoms with Gasteiger partial charge in [0.1, 0.15) is 12.1 Å². The van der Waals surface area contributed by atoms with Crippen LogP contribution in [-0.2, 0) is 19.9 Å². The average molecular weight is 465 g/mol. The quantitative estimate of drug-likeness (QED) is 0.614. The third kappa shape index (κ3) is 4.95. The minimum Gasteiger partial charge on any atom is -0.335 e. The second-order valence-electron chi connectivity index (χ2n) is 9.29. The molecule has 8 nitrogen and oxygen atoms in total. The number of amides is 5. The molecule has 0 bridgehead atoms. The van der Waals surface area contributed by atoms with Crippen molar-refractivity contribution in [2.45, 2.75) is 46.1 Å². The fourth-order valence-corrected chi connectivity index (χ4v) is 3.99. The summed E-state index contributed by atoms with van der Waals surface area (Å²) in [6.45, 7) is 8.91. The number of nitrogens with zero attached hydrogens (tertiary/aromatic N) is 2. The Morgan fingerprint density at radius 3 is 2.21 bits per heavy atom. The van der Waals surface area contributed by atoms with Crippen LogP contribution in [0.1, 0.15) is 48.9 Å². The Morgan fingerprint density at radius 1 is 1.06 bits per heavy atom. The Morgan fingerprint density at radius 2 is 1.65 bits per heavy atom. The van der Waals surface area contributed by atoms with E-state index in [9.17, 15) is 19.2 Å². The second kappa shape index (κ2) is 9.67. The third-order valence-corrected chi connectivity index (χ3v) is 6.28. The number of aryl methyl sites for hydroxylation is 2. The molecule has 34 heavy (non-hydrogen) atoms. The summed E-state index contributed by atoms with van der Waals surface area (Å²) >= 11 is 0. The van der Waals surface area contributed by atoms with Crippen LogP contribution >= 0.6 is 0 Å². The van der Waals surface area contributed by atoms with Gasteiger partial charge in [0, 0.05) is 12.7 Å². The van der Waals surface area contributed by atoms with Crippen molar-refractivity contribution >= 4 is 29.4 Å². The molecule has 1 unspecified atom stereocenters. The van der Waals surface area contributed by atoms with Gasteiger partial charge in [0.05, 0.1) is 6.54 Å². The molecule has 8 heteroatoms. The zero-order valence-electron chi connectivity index (χ0n) is 20.6. The van der Waals surface area contributed by atoms with E-state index in [0.29, 0.717) is 17.2 Å². The first-order valence-corrected chi connectivity index (χ1v) is 11.3. The lowest BCUT2D eigenvalue weighted by Crippen LogP contribution is -2.45. The maximum atomic E-state index is 13.1. The molecule has 1 aliphatic heterocycles. The number of imide groups is 1. The van der Waals surface area contributed by atoms with E-state index >= 15 is 0 Å². The normalized spacial score (nSPS) is 17.7. The number of anilines is 1. The van der Waals surface area contributed by atoms with E-state index in [0.717, 1.165) is 21.6 Å². The summed E-state index contributed by atoms with van der Waals surface area (Å²) in [7, 11) is 1.47. The van der Waals surface area contributed by atoms with Gasteiger partial charge in [0.15, 0.2) is 0 Å².